The number of hydrogen-bond donors (Lipinski definition) is 0. The number of benzene rings is 1. The number of nitrogens with zero attached hydrogens (tertiary/aromatic N) is 4. The Bertz CT molecular complexity index is 1280. The first-order chi connectivity index (χ1) is 17.0. The molecule has 0 radical (unpaired) electrons. The maximum Gasteiger partial charge on any atom is 0.289 e. The lowest BCUT2D eigenvalue weighted by molar-refractivity contribution is 0.0502. The van der Waals surface area contributed by atoms with Crippen molar-refractivity contribution < 1.29 is 18.7 Å². The van der Waals surface area contributed by atoms with Crippen LogP contribution in [0.4, 0.5) is 0 Å². The minimum atomic E-state index is -0.139. The van der Waals surface area contributed by atoms with Crippen LogP contribution < -0.4 is 4.74 Å². The molecule has 1 fully saturated rings. The van der Waals surface area contributed by atoms with Gasteiger partial charge in [-0.05, 0) is 55.0 Å². The topological polar surface area (TPSA) is 80.3 Å². The zero-order chi connectivity index (χ0) is 24.4. The second-order valence-corrected chi connectivity index (χ2v) is 9.74. The summed E-state index contributed by atoms with van der Waals surface area (Å²) in [6.45, 7) is 1.26. The number of methoxy groups -OCH3 is 1. The average molecular weight is 493 g/mol. The number of ether oxygens (including phenoxy) is 1. The third-order valence-electron chi connectivity index (χ3n) is 6.81. The SMILES string of the molecule is COc1cccc(CC(C2CCN(C(=O)c3cn4ccsc4n3)CC2)N(C)C(=O)c2ccco2)c1. The van der Waals surface area contributed by atoms with Gasteiger partial charge in [-0.1, -0.05) is 12.1 Å². The first-order valence-electron chi connectivity index (χ1n) is 11.7. The summed E-state index contributed by atoms with van der Waals surface area (Å²) >= 11 is 1.51. The molecule has 1 unspecified atom stereocenters. The van der Waals surface area contributed by atoms with Gasteiger partial charge in [0.2, 0.25) is 0 Å². The number of fused-ring (bicyclic) bond motifs is 1. The van der Waals surface area contributed by atoms with E-state index in [2.05, 4.69) is 11.1 Å². The molecule has 0 N–H and O–H groups in total. The Kier molecular flexibility index (Phi) is 6.59. The van der Waals surface area contributed by atoms with Crippen LogP contribution >= 0.6 is 11.3 Å². The van der Waals surface area contributed by atoms with Crippen molar-refractivity contribution in [2.45, 2.75) is 25.3 Å². The van der Waals surface area contributed by atoms with Gasteiger partial charge in [-0.2, -0.15) is 0 Å². The predicted octanol–water partition coefficient (Wildman–Crippen LogP) is 4.23. The highest BCUT2D eigenvalue weighted by atomic mass is 32.1. The number of imidazole rings is 1. The van der Waals surface area contributed by atoms with Crippen molar-refractivity contribution in [2.24, 2.45) is 5.92 Å². The Morgan fingerprint density at radius 3 is 2.80 bits per heavy atom. The van der Waals surface area contributed by atoms with E-state index in [1.165, 1.54) is 17.6 Å². The summed E-state index contributed by atoms with van der Waals surface area (Å²) in [5, 5.41) is 1.95. The first-order valence-corrected chi connectivity index (χ1v) is 12.6. The molecular formula is C26H28N4O4S. The second-order valence-electron chi connectivity index (χ2n) is 8.86. The van der Waals surface area contributed by atoms with E-state index in [0.29, 0.717) is 31.0 Å². The van der Waals surface area contributed by atoms with E-state index in [1.807, 2.05) is 46.1 Å². The summed E-state index contributed by atoms with van der Waals surface area (Å²) in [6.07, 6.45) is 7.52. The number of piperidine rings is 1. The van der Waals surface area contributed by atoms with Crippen molar-refractivity contribution in [3.05, 3.63) is 77.5 Å². The van der Waals surface area contributed by atoms with E-state index >= 15 is 0 Å². The molecule has 2 amide bonds. The summed E-state index contributed by atoms with van der Waals surface area (Å²) in [4.78, 5) is 35.2. The monoisotopic (exact) mass is 492 g/mol. The zero-order valence-electron chi connectivity index (χ0n) is 19.8. The fourth-order valence-corrected chi connectivity index (χ4v) is 5.57. The molecule has 1 aliphatic rings. The quantitative estimate of drug-likeness (QED) is 0.386. The minimum Gasteiger partial charge on any atom is -0.497 e. The van der Waals surface area contributed by atoms with Gasteiger partial charge >= 0.3 is 0 Å². The third kappa shape index (κ3) is 4.81. The number of rotatable bonds is 7. The van der Waals surface area contributed by atoms with E-state index < -0.39 is 0 Å². The fraction of sp³-hybridized carbons (Fsp3) is 0.346. The molecule has 1 aromatic carbocycles. The largest absolute Gasteiger partial charge is 0.497 e. The molecule has 1 aliphatic heterocycles. The molecule has 3 aromatic heterocycles. The van der Waals surface area contributed by atoms with E-state index in [1.54, 1.807) is 30.3 Å². The van der Waals surface area contributed by atoms with Crippen LogP contribution in [0.3, 0.4) is 0 Å². The standard InChI is InChI=1S/C26H28N4O4S/c1-28(25(32)23-7-4-13-34-23)22(16-18-5-3-6-20(15-18)33-2)19-8-10-29(11-9-19)24(31)21-17-30-12-14-35-26(30)27-21/h3-7,12-15,17,19,22H,8-11,16H2,1-2H3. The molecule has 1 atom stereocenters. The molecule has 1 saturated heterocycles. The number of furan rings is 1. The Morgan fingerprint density at radius 1 is 1.26 bits per heavy atom. The van der Waals surface area contributed by atoms with Gasteiger partial charge in [0, 0.05) is 44.0 Å². The maximum absolute atomic E-state index is 13.2. The molecule has 4 heterocycles. The van der Waals surface area contributed by atoms with Gasteiger partial charge in [0.05, 0.1) is 13.4 Å². The average Bonchev–Trinajstić information content (AvgIpc) is 3.65. The Labute approximate surface area is 207 Å². The molecule has 0 bridgehead atoms. The van der Waals surface area contributed by atoms with Crippen molar-refractivity contribution >= 4 is 28.1 Å². The van der Waals surface area contributed by atoms with E-state index in [4.69, 9.17) is 9.15 Å². The van der Waals surface area contributed by atoms with Crippen molar-refractivity contribution in [1.82, 2.24) is 19.2 Å². The van der Waals surface area contributed by atoms with Gasteiger partial charge < -0.3 is 19.0 Å². The second kappa shape index (κ2) is 9.95. The highest BCUT2D eigenvalue weighted by Crippen LogP contribution is 2.29. The highest BCUT2D eigenvalue weighted by molar-refractivity contribution is 7.15. The minimum absolute atomic E-state index is 0.0382. The molecule has 182 valence electrons. The van der Waals surface area contributed by atoms with Crippen molar-refractivity contribution in [2.75, 3.05) is 27.2 Å². The van der Waals surface area contributed by atoms with Gasteiger partial charge in [0.25, 0.3) is 11.8 Å². The number of carbonyl (C=O) groups excluding carboxylic acids is 2. The molecule has 0 spiro atoms. The number of aromatic nitrogens is 2. The Balaban J connectivity index is 1.32. The lowest BCUT2D eigenvalue weighted by Gasteiger charge is -2.39. The van der Waals surface area contributed by atoms with Crippen molar-refractivity contribution in [1.29, 1.82) is 0 Å². The number of amides is 2. The smallest absolute Gasteiger partial charge is 0.289 e. The number of likely N-dealkylation sites (N-methyl/N-ethyl adjacent to an activating group) is 1. The summed E-state index contributed by atoms with van der Waals surface area (Å²) < 4.78 is 12.7. The lowest BCUT2D eigenvalue weighted by atomic mass is 9.84. The van der Waals surface area contributed by atoms with Crippen molar-refractivity contribution in [3.63, 3.8) is 0 Å². The van der Waals surface area contributed by atoms with Crippen LogP contribution in [0.15, 0.2) is 64.9 Å². The third-order valence-corrected chi connectivity index (χ3v) is 7.58. The number of carbonyl (C=O) groups is 2. The maximum atomic E-state index is 13.2. The van der Waals surface area contributed by atoms with E-state index in [-0.39, 0.29) is 23.8 Å². The first kappa shape index (κ1) is 23.2. The summed E-state index contributed by atoms with van der Waals surface area (Å²) in [5.41, 5.74) is 1.58. The van der Waals surface area contributed by atoms with Crippen LogP contribution in [0, 0.1) is 5.92 Å². The highest BCUT2D eigenvalue weighted by Gasteiger charge is 2.34. The molecular weight excluding hydrogens is 464 g/mol. The molecule has 8 nitrogen and oxygen atoms in total. The van der Waals surface area contributed by atoms with Gasteiger partial charge in [-0.25, -0.2) is 4.98 Å². The molecule has 9 heteroatoms. The van der Waals surface area contributed by atoms with Crippen LogP contribution in [0.5, 0.6) is 5.75 Å². The summed E-state index contributed by atoms with van der Waals surface area (Å²) in [6, 6.07) is 11.3. The van der Waals surface area contributed by atoms with Gasteiger partial charge in [-0.3, -0.25) is 14.0 Å². The van der Waals surface area contributed by atoms with Gasteiger partial charge in [-0.15, -0.1) is 11.3 Å². The molecule has 0 aliphatic carbocycles. The number of likely N-dealkylation sites (tertiary alicyclic amines) is 1. The molecule has 4 aromatic rings. The van der Waals surface area contributed by atoms with Gasteiger partial charge in [0.15, 0.2) is 10.7 Å². The van der Waals surface area contributed by atoms with Crippen LogP contribution in [-0.4, -0.2) is 64.3 Å². The van der Waals surface area contributed by atoms with Crippen molar-refractivity contribution in [3.8, 4) is 5.75 Å². The Morgan fingerprint density at radius 2 is 2.09 bits per heavy atom. The number of thiazole rings is 1. The fourth-order valence-electron chi connectivity index (χ4n) is 4.87. The van der Waals surface area contributed by atoms with Crippen LogP contribution in [-0.2, 0) is 6.42 Å². The Hall–Kier alpha value is -3.59. The van der Waals surface area contributed by atoms with Crippen LogP contribution in [0.25, 0.3) is 4.96 Å². The zero-order valence-corrected chi connectivity index (χ0v) is 20.6. The summed E-state index contributed by atoms with van der Waals surface area (Å²) in [5.74, 6) is 1.18. The predicted molar refractivity (Wildman–Crippen MR) is 133 cm³/mol. The number of hydrogen-bond acceptors (Lipinski definition) is 6. The van der Waals surface area contributed by atoms with E-state index in [0.717, 1.165) is 29.1 Å². The molecule has 0 saturated carbocycles. The normalized spacial score (nSPS) is 15.3. The van der Waals surface area contributed by atoms with Crippen LogP contribution in [0.1, 0.15) is 39.4 Å². The molecule has 35 heavy (non-hydrogen) atoms. The van der Waals surface area contributed by atoms with Gasteiger partial charge in [0.1, 0.15) is 11.4 Å². The molecule has 5 rings (SSSR count). The van der Waals surface area contributed by atoms with E-state index in [9.17, 15) is 9.59 Å². The lowest BCUT2D eigenvalue weighted by Crippen LogP contribution is -2.48. The van der Waals surface area contributed by atoms with Crippen LogP contribution in [0.2, 0.25) is 0 Å². The summed E-state index contributed by atoms with van der Waals surface area (Å²) in [7, 11) is 3.49.